The third-order valence-electron chi connectivity index (χ3n) is 4.13. The lowest BCUT2D eigenvalue weighted by Crippen LogP contribution is -2.26. The number of unbranched alkanes of at least 4 members (excludes halogenated alkanes) is 1. The molecular weight excluding hydrogens is 372 g/mol. The van der Waals surface area contributed by atoms with Crippen molar-refractivity contribution in [3.05, 3.63) is 59.7 Å². The second kappa shape index (κ2) is 11.5. The van der Waals surface area contributed by atoms with E-state index in [-0.39, 0.29) is 18.4 Å². The number of aliphatic hydroxyl groups excluding tert-OH is 1. The average molecular weight is 398 g/mol. The first-order valence-corrected chi connectivity index (χ1v) is 9.28. The summed E-state index contributed by atoms with van der Waals surface area (Å²) in [6.07, 6.45) is 4.34. The zero-order chi connectivity index (χ0) is 21.1. The molecule has 0 bridgehead atoms. The first-order chi connectivity index (χ1) is 14.1. The van der Waals surface area contributed by atoms with E-state index in [4.69, 9.17) is 14.6 Å². The number of benzene rings is 2. The molecule has 2 amide bonds. The highest BCUT2D eigenvalue weighted by molar-refractivity contribution is 6.07. The van der Waals surface area contributed by atoms with Gasteiger partial charge in [-0.1, -0.05) is 18.2 Å². The molecule has 0 saturated heterocycles. The smallest absolute Gasteiger partial charge is 0.253 e. The lowest BCUT2D eigenvalue weighted by atomic mass is 10.1. The Morgan fingerprint density at radius 2 is 1.79 bits per heavy atom. The Bertz CT molecular complexity index is 864. The number of hydrogen-bond donors (Lipinski definition) is 3. The number of rotatable bonds is 10. The first kappa shape index (κ1) is 22.0. The maximum absolute atomic E-state index is 12.4. The van der Waals surface area contributed by atoms with E-state index in [1.807, 2.05) is 0 Å². The molecule has 0 aliphatic rings. The minimum absolute atomic E-state index is 0.0922. The highest BCUT2D eigenvalue weighted by atomic mass is 16.5. The number of para-hydroxylation sites is 1. The summed E-state index contributed by atoms with van der Waals surface area (Å²) in [6.45, 7) is 0.551. The molecule has 0 aromatic heterocycles. The van der Waals surface area contributed by atoms with E-state index < -0.39 is 0 Å². The molecule has 29 heavy (non-hydrogen) atoms. The summed E-state index contributed by atoms with van der Waals surface area (Å²) in [6, 6.07) is 12.1. The molecule has 0 aliphatic carbocycles. The number of amides is 2. The Labute approximate surface area is 170 Å². The monoisotopic (exact) mass is 398 g/mol. The largest absolute Gasteiger partial charge is 0.493 e. The molecule has 0 unspecified atom stereocenters. The number of anilines is 1. The van der Waals surface area contributed by atoms with E-state index in [0.717, 1.165) is 5.56 Å². The fourth-order valence-electron chi connectivity index (χ4n) is 2.63. The molecule has 0 aliphatic heterocycles. The van der Waals surface area contributed by atoms with Crippen molar-refractivity contribution in [2.45, 2.75) is 12.8 Å². The van der Waals surface area contributed by atoms with Gasteiger partial charge in [0.15, 0.2) is 11.5 Å². The summed E-state index contributed by atoms with van der Waals surface area (Å²) in [5.41, 5.74) is 1.58. The second-order valence-electron chi connectivity index (χ2n) is 6.17. The number of nitrogens with one attached hydrogen (secondary N) is 2. The molecule has 0 radical (unpaired) electrons. The standard InChI is InChI=1S/C22H26N2O5/c1-28-19-11-9-16(15-20(19)29-2)10-12-21(26)24-18-8-4-3-7-17(18)22(27)23-13-5-6-14-25/h3-4,7-12,15,25H,5-6,13-14H2,1-2H3,(H,23,27)(H,24,26)/b12-10+. The van der Waals surface area contributed by atoms with Crippen LogP contribution in [0.1, 0.15) is 28.8 Å². The van der Waals surface area contributed by atoms with Crippen LogP contribution >= 0.6 is 0 Å². The van der Waals surface area contributed by atoms with Gasteiger partial charge in [-0.15, -0.1) is 0 Å². The maximum Gasteiger partial charge on any atom is 0.253 e. The Morgan fingerprint density at radius 1 is 1.03 bits per heavy atom. The quantitative estimate of drug-likeness (QED) is 0.422. The number of hydrogen-bond acceptors (Lipinski definition) is 5. The van der Waals surface area contributed by atoms with Gasteiger partial charge in [-0.05, 0) is 48.7 Å². The van der Waals surface area contributed by atoms with Crippen LogP contribution in [0.15, 0.2) is 48.5 Å². The Morgan fingerprint density at radius 3 is 2.52 bits per heavy atom. The van der Waals surface area contributed by atoms with E-state index >= 15 is 0 Å². The van der Waals surface area contributed by atoms with Crippen molar-refractivity contribution in [1.82, 2.24) is 5.32 Å². The molecule has 154 valence electrons. The van der Waals surface area contributed by atoms with Crippen molar-refractivity contribution in [3.8, 4) is 11.5 Å². The van der Waals surface area contributed by atoms with Gasteiger partial charge in [-0.2, -0.15) is 0 Å². The van der Waals surface area contributed by atoms with Gasteiger partial charge in [0.05, 0.1) is 25.5 Å². The SMILES string of the molecule is COc1ccc(/C=C/C(=O)Nc2ccccc2C(=O)NCCCCO)cc1OC. The van der Waals surface area contributed by atoms with Crippen LogP contribution in [0, 0.1) is 0 Å². The first-order valence-electron chi connectivity index (χ1n) is 9.28. The third-order valence-corrected chi connectivity index (χ3v) is 4.13. The van der Waals surface area contributed by atoms with Gasteiger partial charge < -0.3 is 25.2 Å². The molecule has 7 heteroatoms. The van der Waals surface area contributed by atoms with Gasteiger partial charge in [0.25, 0.3) is 5.91 Å². The molecule has 3 N–H and O–H groups in total. The van der Waals surface area contributed by atoms with Crippen molar-refractivity contribution in [2.75, 3.05) is 32.7 Å². The number of methoxy groups -OCH3 is 2. The number of carbonyl (C=O) groups excluding carboxylic acids is 2. The molecule has 0 fully saturated rings. The normalized spacial score (nSPS) is 10.6. The van der Waals surface area contributed by atoms with E-state index in [1.54, 1.807) is 62.8 Å². The van der Waals surface area contributed by atoms with E-state index in [9.17, 15) is 9.59 Å². The van der Waals surface area contributed by atoms with Crippen LogP contribution in [0.4, 0.5) is 5.69 Å². The zero-order valence-electron chi connectivity index (χ0n) is 16.6. The van der Waals surface area contributed by atoms with Crippen molar-refractivity contribution in [2.24, 2.45) is 0 Å². The molecular formula is C22H26N2O5. The van der Waals surface area contributed by atoms with Gasteiger partial charge in [-0.3, -0.25) is 9.59 Å². The van der Waals surface area contributed by atoms with Crippen molar-refractivity contribution in [1.29, 1.82) is 0 Å². The summed E-state index contributed by atoms with van der Waals surface area (Å²) < 4.78 is 10.4. The predicted octanol–water partition coefficient (Wildman–Crippen LogP) is 2.86. The molecule has 2 aromatic rings. The van der Waals surface area contributed by atoms with Crippen molar-refractivity contribution < 1.29 is 24.2 Å². The average Bonchev–Trinajstić information content (AvgIpc) is 2.75. The lowest BCUT2D eigenvalue weighted by molar-refractivity contribution is -0.111. The van der Waals surface area contributed by atoms with Crippen molar-refractivity contribution in [3.63, 3.8) is 0 Å². The summed E-state index contributed by atoms with van der Waals surface area (Å²) >= 11 is 0. The van der Waals surface area contributed by atoms with E-state index in [1.165, 1.54) is 6.08 Å². The van der Waals surface area contributed by atoms with Crippen LogP contribution in [0.5, 0.6) is 11.5 Å². The molecule has 2 rings (SSSR count). The van der Waals surface area contributed by atoms with Gasteiger partial charge in [0.2, 0.25) is 5.91 Å². The van der Waals surface area contributed by atoms with Crippen LogP contribution in [0.3, 0.4) is 0 Å². The molecule has 0 spiro atoms. The van der Waals surface area contributed by atoms with Gasteiger partial charge in [-0.25, -0.2) is 0 Å². The fourth-order valence-corrected chi connectivity index (χ4v) is 2.63. The minimum Gasteiger partial charge on any atom is -0.493 e. The summed E-state index contributed by atoms with van der Waals surface area (Å²) in [4.78, 5) is 24.7. The highest BCUT2D eigenvalue weighted by Crippen LogP contribution is 2.28. The molecule has 7 nitrogen and oxygen atoms in total. The summed E-state index contributed by atoms with van der Waals surface area (Å²) in [5.74, 6) is 0.536. The van der Waals surface area contributed by atoms with E-state index in [0.29, 0.717) is 42.1 Å². The minimum atomic E-state index is -0.361. The fraction of sp³-hybridized carbons (Fsp3) is 0.273. The molecule has 2 aromatic carbocycles. The summed E-state index contributed by atoms with van der Waals surface area (Å²) in [5, 5.41) is 14.3. The van der Waals surface area contributed by atoms with Crippen LogP contribution in [0.2, 0.25) is 0 Å². The zero-order valence-corrected chi connectivity index (χ0v) is 16.6. The van der Waals surface area contributed by atoms with Crippen LogP contribution in [-0.2, 0) is 4.79 Å². The Balaban J connectivity index is 2.04. The molecule has 0 heterocycles. The van der Waals surface area contributed by atoms with Crippen LogP contribution < -0.4 is 20.1 Å². The van der Waals surface area contributed by atoms with Gasteiger partial charge in [0, 0.05) is 19.2 Å². The van der Waals surface area contributed by atoms with Gasteiger partial charge >= 0.3 is 0 Å². The number of ether oxygens (including phenoxy) is 2. The number of carbonyl (C=O) groups is 2. The lowest BCUT2D eigenvalue weighted by Gasteiger charge is -2.10. The molecule has 0 saturated carbocycles. The molecule has 0 atom stereocenters. The van der Waals surface area contributed by atoms with Crippen LogP contribution in [0.25, 0.3) is 6.08 Å². The highest BCUT2D eigenvalue weighted by Gasteiger charge is 2.11. The summed E-state index contributed by atoms with van der Waals surface area (Å²) in [7, 11) is 3.10. The Kier molecular flexibility index (Phi) is 8.72. The van der Waals surface area contributed by atoms with Crippen LogP contribution in [-0.4, -0.2) is 44.3 Å². The predicted molar refractivity (Wildman–Crippen MR) is 112 cm³/mol. The topological polar surface area (TPSA) is 96.9 Å². The van der Waals surface area contributed by atoms with E-state index in [2.05, 4.69) is 10.6 Å². The maximum atomic E-state index is 12.4. The van der Waals surface area contributed by atoms with Crippen molar-refractivity contribution >= 4 is 23.6 Å². The third kappa shape index (κ3) is 6.65. The number of aliphatic hydroxyl groups is 1. The Hall–Kier alpha value is -3.32. The second-order valence-corrected chi connectivity index (χ2v) is 6.17. The van der Waals surface area contributed by atoms with Gasteiger partial charge in [0.1, 0.15) is 0 Å².